The summed E-state index contributed by atoms with van der Waals surface area (Å²) in [6, 6.07) is 15.5. The van der Waals surface area contributed by atoms with Crippen molar-refractivity contribution in [1.29, 1.82) is 0 Å². The molecule has 130 valence electrons. The van der Waals surface area contributed by atoms with Crippen molar-refractivity contribution in [2.45, 2.75) is 26.2 Å². The van der Waals surface area contributed by atoms with Gasteiger partial charge in [0.1, 0.15) is 0 Å². The monoisotopic (exact) mass is 353 g/mol. The van der Waals surface area contributed by atoms with Crippen molar-refractivity contribution in [3.05, 3.63) is 59.7 Å². The van der Waals surface area contributed by atoms with E-state index in [1.54, 1.807) is 0 Å². The normalized spacial score (nSPS) is 14.0. The van der Waals surface area contributed by atoms with Crippen LogP contribution >= 0.6 is 12.2 Å². The molecule has 5 heteroatoms. The van der Waals surface area contributed by atoms with E-state index in [2.05, 4.69) is 10.6 Å². The molecule has 2 aromatic carbocycles. The van der Waals surface area contributed by atoms with Crippen LogP contribution in [0.5, 0.6) is 0 Å². The molecular formula is C20H23N3OS. The first-order valence-electron chi connectivity index (χ1n) is 8.66. The van der Waals surface area contributed by atoms with Crippen LogP contribution in [0, 0.1) is 6.92 Å². The number of nitrogens with zero attached hydrogens (tertiary/aromatic N) is 1. The summed E-state index contributed by atoms with van der Waals surface area (Å²) in [6.45, 7) is 3.78. The van der Waals surface area contributed by atoms with Crippen molar-refractivity contribution >= 4 is 34.6 Å². The summed E-state index contributed by atoms with van der Waals surface area (Å²) in [5.41, 5.74) is 3.74. The third-order valence-corrected chi connectivity index (χ3v) is 4.55. The van der Waals surface area contributed by atoms with Gasteiger partial charge in [0.15, 0.2) is 5.11 Å². The first kappa shape index (κ1) is 17.4. The number of piperidine rings is 1. The van der Waals surface area contributed by atoms with E-state index in [1.807, 2.05) is 60.4 Å². The molecule has 0 aromatic heterocycles. The van der Waals surface area contributed by atoms with Gasteiger partial charge in [-0.25, -0.2) is 0 Å². The molecule has 2 aromatic rings. The minimum absolute atomic E-state index is 0.117. The van der Waals surface area contributed by atoms with Gasteiger partial charge in [-0.05, 0) is 74.8 Å². The predicted octanol–water partition coefficient (Wildman–Crippen LogP) is 4.43. The Balaban J connectivity index is 1.57. The first-order chi connectivity index (χ1) is 12.1. The fourth-order valence-electron chi connectivity index (χ4n) is 2.91. The smallest absolute Gasteiger partial charge is 0.253 e. The van der Waals surface area contributed by atoms with Gasteiger partial charge >= 0.3 is 0 Å². The summed E-state index contributed by atoms with van der Waals surface area (Å²) in [5.74, 6) is 0.117. The molecular weight excluding hydrogens is 330 g/mol. The van der Waals surface area contributed by atoms with Gasteiger partial charge in [0.2, 0.25) is 0 Å². The van der Waals surface area contributed by atoms with E-state index < -0.39 is 0 Å². The molecule has 4 nitrogen and oxygen atoms in total. The Kier molecular flexibility index (Phi) is 5.66. The van der Waals surface area contributed by atoms with Crippen molar-refractivity contribution < 1.29 is 4.79 Å². The van der Waals surface area contributed by atoms with Crippen molar-refractivity contribution in [3.8, 4) is 0 Å². The van der Waals surface area contributed by atoms with Crippen LogP contribution in [0.4, 0.5) is 11.4 Å². The molecule has 1 aliphatic heterocycles. The molecule has 0 radical (unpaired) electrons. The fraction of sp³-hybridized carbons (Fsp3) is 0.300. The lowest BCUT2D eigenvalue weighted by Gasteiger charge is -2.26. The second-order valence-electron chi connectivity index (χ2n) is 6.38. The number of rotatable bonds is 3. The van der Waals surface area contributed by atoms with Crippen molar-refractivity contribution in [2.24, 2.45) is 0 Å². The van der Waals surface area contributed by atoms with Crippen molar-refractivity contribution in [1.82, 2.24) is 4.90 Å². The molecule has 0 aliphatic carbocycles. The summed E-state index contributed by atoms with van der Waals surface area (Å²) in [7, 11) is 0. The summed E-state index contributed by atoms with van der Waals surface area (Å²) in [6.07, 6.45) is 3.42. The number of thiocarbonyl (C=S) groups is 1. The van der Waals surface area contributed by atoms with Crippen LogP contribution in [0.1, 0.15) is 35.2 Å². The number of amides is 1. The lowest BCUT2D eigenvalue weighted by molar-refractivity contribution is 0.0724. The number of aryl methyl sites for hydroxylation is 1. The van der Waals surface area contributed by atoms with Crippen LogP contribution in [0.3, 0.4) is 0 Å². The van der Waals surface area contributed by atoms with Gasteiger partial charge in [-0.3, -0.25) is 4.79 Å². The molecule has 0 atom stereocenters. The van der Waals surface area contributed by atoms with Crippen molar-refractivity contribution in [2.75, 3.05) is 23.7 Å². The van der Waals surface area contributed by atoms with Crippen LogP contribution in [-0.4, -0.2) is 29.0 Å². The molecule has 0 unspecified atom stereocenters. The van der Waals surface area contributed by atoms with Gasteiger partial charge in [0.05, 0.1) is 0 Å². The highest BCUT2D eigenvalue weighted by Crippen LogP contribution is 2.16. The van der Waals surface area contributed by atoms with Gasteiger partial charge in [-0.1, -0.05) is 17.7 Å². The zero-order valence-corrected chi connectivity index (χ0v) is 15.2. The number of benzene rings is 2. The highest BCUT2D eigenvalue weighted by atomic mass is 32.1. The number of nitrogens with one attached hydrogen (secondary N) is 2. The van der Waals surface area contributed by atoms with Crippen LogP contribution in [0.2, 0.25) is 0 Å². The number of carbonyl (C=O) groups is 1. The molecule has 1 aliphatic rings. The third-order valence-electron chi connectivity index (χ3n) is 4.34. The number of likely N-dealkylation sites (tertiary alicyclic amines) is 1. The minimum atomic E-state index is 0.117. The average Bonchev–Trinajstić information content (AvgIpc) is 2.64. The fourth-order valence-corrected chi connectivity index (χ4v) is 3.14. The molecule has 25 heavy (non-hydrogen) atoms. The maximum Gasteiger partial charge on any atom is 0.253 e. The third kappa shape index (κ3) is 4.79. The first-order valence-corrected chi connectivity index (χ1v) is 9.07. The van der Waals surface area contributed by atoms with E-state index in [-0.39, 0.29) is 5.91 Å². The van der Waals surface area contributed by atoms with E-state index in [1.165, 1.54) is 12.0 Å². The standard InChI is InChI=1S/C20H23N3OS/c1-15-5-9-17(10-6-15)21-20(25)22-18-11-7-16(8-12-18)19(24)23-13-3-2-4-14-23/h5-12H,2-4,13-14H2,1H3,(H2,21,22,25). The van der Waals surface area contributed by atoms with E-state index in [9.17, 15) is 4.79 Å². The van der Waals surface area contributed by atoms with E-state index in [0.29, 0.717) is 5.11 Å². The van der Waals surface area contributed by atoms with Gasteiger partial charge in [0.25, 0.3) is 5.91 Å². The topological polar surface area (TPSA) is 44.4 Å². The highest BCUT2D eigenvalue weighted by molar-refractivity contribution is 7.80. The van der Waals surface area contributed by atoms with E-state index in [0.717, 1.165) is 42.9 Å². The maximum atomic E-state index is 12.5. The number of carbonyl (C=O) groups excluding carboxylic acids is 1. The quantitative estimate of drug-likeness (QED) is 0.801. The molecule has 1 fully saturated rings. The minimum Gasteiger partial charge on any atom is -0.339 e. The number of hydrogen-bond acceptors (Lipinski definition) is 2. The SMILES string of the molecule is Cc1ccc(NC(=S)Nc2ccc(C(=O)N3CCCCC3)cc2)cc1. The molecule has 2 N–H and O–H groups in total. The molecule has 1 saturated heterocycles. The Bertz CT molecular complexity index is 735. The zero-order valence-electron chi connectivity index (χ0n) is 14.4. The Morgan fingerprint density at radius 1 is 0.880 bits per heavy atom. The van der Waals surface area contributed by atoms with Gasteiger partial charge in [-0.15, -0.1) is 0 Å². The number of anilines is 2. The molecule has 1 heterocycles. The summed E-state index contributed by atoms with van der Waals surface area (Å²) in [5, 5.41) is 6.82. The average molecular weight is 353 g/mol. The number of hydrogen-bond donors (Lipinski definition) is 2. The lowest BCUT2D eigenvalue weighted by atomic mass is 10.1. The largest absolute Gasteiger partial charge is 0.339 e. The van der Waals surface area contributed by atoms with E-state index in [4.69, 9.17) is 12.2 Å². The Morgan fingerprint density at radius 3 is 1.96 bits per heavy atom. The molecule has 0 spiro atoms. The second-order valence-corrected chi connectivity index (χ2v) is 6.78. The molecule has 3 rings (SSSR count). The zero-order chi connectivity index (χ0) is 17.6. The van der Waals surface area contributed by atoms with E-state index >= 15 is 0 Å². The van der Waals surface area contributed by atoms with Crippen molar-refractivity contribution in [3.63, 3.8) is 0 Å². The second kappa shape index (κ2) is 8.12. The van der Waals surface area contributed by atoms with Gasteiger partial charge in [0, 0.05) is 30.0 Å². The highest BCUT2D eigenvalue weighted by Gasteiger charge is 2.17. The molecule has 0 bridgehead atoms. The molecule has 0 saturated carbocycles. The summed E-state index contributed by atoms with van der Waals surface area (Å²) < 4.78 is 0. The van der Waals surface area contributed by atoms with Crippen LogP contribution in [0.15, 0.2) is 48.5 Å². The Labute approximate surface area is 154 Å². The van der Waals surface area contributed by atoms with Crippen LogP contribution in [-0.2, 0) is 0 Å². The Hall–Kier alpha value is -2.40. The maximum absolute atomic E-state index is 12.5. The summed E-state index contributed by atoms with van der Waals surface area (Å²) in [4.78, 5) is 14.4. The van der Waals surface area contributed by atoms with Crippen LogP contribution in [0.25, 0.3) is 0 Å². The predicted molar refractivity (Wildman–Crippen MR) is 107 cm³/mol. The lowest BCUT2D eigenvalue weighted by Crippen LogP contribution is -2.35. The van der Waals surface area contributed by atoms with Gasteiger partial charge in [-0.2, -0.15) is 0 Å². The Morgan fingerprint density at radius 2 is 1.40 bits per heavy atom. The molecule has 1 amide bonds. The summed E-state index contributed by atoms with van der Waals surface area (Å²) >= 11 is 5.34. The van der Waals surface area contributed by atoms with Gasteiger partial charge < -0.3 is 15.5 Å². The van der Waals surface area contributed by atoms with Crippen LogP contribution < -0.4 is 10.6 Å².